The topological polar surface area (TPSA) is 19.1 Å². The largest absolute Gasteiger partial charge is 0.497 e. The number of benzene rings is 9. The second kappa shape index (κ2) is 12.9. The minimum atomic E-state index is 0.838. The van der Waals surface area contributed by atoms with E-state index in [0.717, 1.165) is 22.6 Å². The van der Waals surface area contributed by atoms with Gasteiger partial charge in [0.15, 0.2) is 0 Å². The minimum absolute atomic E-state index is 0.838. The number of ether oxygens (including phenoxy) is 1. The third kappa shape index (κ3) is 5.13. The molecule has 0 fully saturated rings. The molecule has 9 aromatic carbocycles. The van der Waals surface area contributed by atoms with Gasteiger partial charge in [-0.15, -0.1) is 0 Å². The van der Waals surface area contributed by atoms with Crippen molar-refractivity contribution in [1.29, 1.82) is 0 Å². The fourth-order valence-electron chi connectivity index (χ4n) is 8.75. The van der Waals surface area contributed by atoms with Gasteiger partial charge in [-0.1, -0.05) is 127 Å². The number of methoxy groups -OCH3 is 1. The lowest BCUT2D eigenvalue weighted by Gasteiger charge is -2.15. The molecule has 0 bridgehead atoms. The third-order valence-electron chi connectivity index (χ3n) is 11.4. The predicted octanol–water partition coefficient (Wildman–Crippen LogP) is 14.0. The van der Waals surface area contributed by atoms with Gasteiger partial charge in [0.2, 0.25) is 0 Å². The van der Waals surface area contributed by atoms with Crippen molar-refractivity contribution in [3.63, 3.8) is 0 Å². The molecule has 0 aliphatic carbocycles. The van der Waals surface area contributed by atoms with Crippen LogP contribution in [0.4, 0.5) is 0 Å². The van der Waals surface area contributed by atoms with Crippen molar-refractivity contribution in [3.8, 4) is 50.8 Å². The number of aromatic nitrogens is 2. The van der Waals surface area contributed by atoms with E-state index in [2.05, 4.69) is 197 Å². The van der Waals surface area contributed by atoms with E-state index in [1.807, 2.05) is 12.1 Å². The van der Waals surface area contributed by atoms with E-state index in [1.165, 1.54) is 82.2 Å². The van der Waals surface area contributed by atoms with Gasteiger partial charge in [-0.25, -0.2) is 0 Å². The van der Waals surface area contributed by atoms with Crippen LogP contribution < -0.4 is 4.74 Å². The molecule has 2 heterocycles. The second-order valence-electron chi connectivity index (χ2n) is 14.5. The highest BCUT2D eigenvalue weighted by Crippen LogP contribution is 2.41. The Morgan fingerprint density at radius 3 is 1.68 bits per heavy atom. The van der Waals surface area contributed by atoms with E-state index in [4.69, 9.17) is 4.74 Å². The summed E-state index contributed by atoms with van der Waals surface area (Å²) in [7, 11) is 1.71. The van der Waals surface area contributed by atoms with Crippen molar-refractivity contribution in [1.82, 2.24) is 9.13 Å². The molecule has 0 atom stereocenters. The highest BCUT2D eigenvalue weighted by atomic mass is 16.5. The van der Waals surface area contributed by atoms with E-state index in [-0.39, 0.29) is 0 Å². The van der Waals surface area contributed by atoms with Gasteiger partial charge in [0.05, 0.1) is 35.2 Å². The maximum absolute atomic E-state index is 5.56. The normalized spacial score (nSPS) is 11.7. The molecule has 11 rings (SSSR count). The first-order valence-electron chi connectivity index (χ1n) is 19.1. The summed E-state index contributed by atoms with van der Waals surface area (Å²) >= 11 is 0. The molecule has 3 heteroatoms. The molecule has 0 spiro atoms. The maximum Gasteiger partial charge on any atom is 0.119 e. The zero-order valence-corrected chi connectivity index (χ0v) is 30.9. The van der Waals surface area contributed by atoms with Crippen molar-refractivity contribution in [3.05, 3.63) is 200 Å². The molecule has 0 N–H and O–H groups in total. The van der Waals surface area contributed by atoms with E-state index in [0.29, 0.717) is 0 Å². The van der Waals surface area contributed by atoms with Crippen molar-refractivity contribution >= 4 is 54.1 Å². The molecule has 0 aliphatic rings. The van der Waals surface area contributed by atoms with Gasteiger partial charge < -0.3 is 13.9 Å². The average Bonchev–Trinajstić information content (AvgIpc) is 3.84. The summed E-state index contributed by atoms with van der Waals surface area (Å²) in [6.07, 6.45) is 0. The molecular weight excluding hydrogens is 681 g/mol. The quantitative estimate of drug-likeness (QED) is 0.157. The maximum atomic E-state index is 5.56. The molecule has 0 radical (unpaired) electrons. The number of fused-ring (bicyclic) bond motifs is 6. The Bertz CT molecular complexity index is 3270. The molecule has 264 valence electrons. The molecule has 0 aliphatic heterocycles. The van der Waals surface area contributed by atoms with Gasteiger partial charge in [0.1, 0.15) is 5.75 Å². The fraction of sp³-hybridized carbons (Fsp3) is 0.0189. The predicted molar refractivity (Wildman–Crippen MR) is 235 cm³/mol. The van der Waals surface area contributed by atoms with E-state index < -0.39 is 0 Å². The number of rotatable bonds is 6. The van der Waals surface area contributed by atoms with Gasteiger partial charge in [-0.2, -0.15) is 0 Å². The Hall–Kier alpha value is -7.36. The Morgan fingerprint density at radius 2 is 0.946 bits per heavy atom. The Labute approximate surface area is 324 Å². The smallest absolute Gasteiger partial charge is 0.119 e. The molecule has 3 nitrogen and oxygen atoms in total. The van der Waals surface area contributed by atoms with Gasteiger partial charge in [-0.3, -0.25) is 0 Å². The molecule has 0 amide bonds. The summed E-state index contributed by atoms with van der Waals surface area (Å²) < 4.78 is 10.4. The monoisotopic (exact) mass is 716 g/mol. The van der Waals surface area contributed by atoms with Crippen LogP contribution in [-0.4, -0.2) is 16.2 Å². The summed E-state index contributed by atoms with van der Waals surface area (Å²) in [5.74, 6) is 0.838. The molecule has 56 heavy (non-hydrogen) atoms. The lowest BCUT2D eigenvalue weighted by Crippen LogP contribution is -1.98. The third-order valence-corrected chi connectivity index (χ3v) is 11.4. The number of hydrogen-bond donors (Lipinski definition) is 0. The first-order chi connectivity index (χ1) is 27.7. The van der Waals surface area contributed by atoms with Crippen LogP contribution in [0.3, 0.4) is 0 Å². The van der Waals surface area contributed by atoms with Crippen molar-refractivity contribution < 1.29 is 4.74 Å². The lowest BCUT2D eigenvalue weighted by molar-refractivity contribution is 0.415. The first kappa shape index (κ1) is 32.1. The lowest BCUT2D eigenvalue weighted by atomic mass is 9.95. The van der Waals surface area contributed by atoms with Crippen molar-refractivity contribution in [2.24, 2.45) is 0 Å². The number of hydrogen-bond acceptors (Lipinski definition) is 1. The summed E-state index contributed by atoms with van der Waals surface area (Å²) in [6.45, 7) is 0. The van der Waals surface area contributed by atoms with Crippen molar-refractivity contribution in [2.75, 3.05) is 7.11 Å². The Balaban J connectivity index is 1.11. The fourth-order valence-corrected chi connectivity index (χ4v) is 8.75. The van der Waals surface area contributed by atoms with Crippen LogP contribution in [0, 0.1) is 0 Å². The van der Waals surface area contributed by atoms with Crippen LogP contribution in [0.25, 0.3) is 99.1 Å². The minimum Gasteiger partial charge on any atom is -0.497 e. The summed E-state index contributed by atoms with van der Waals surface area (Å²) in [6, 6.07) is 72.7. The summed E-state index contributed by atoms with van der Waals surface area (Å²) in [5, 5.41) is 9.83. The van der Waals surface area contributed by atoms with E-state index in [9.17, 15) is 0 Å². The second-order valence-corrected chi connectivity index (χ2v) is 14.5. The SMILES string of the molecule is COc1ccc(-n2c(-c3cc4ccccc4c4ccccc34)cc3cc(-c4ccc5c(c4)cc(-c4ccccc4)n5-c4cccc5ccccc45)ccc32)cc1. The van der Waals surface area contributed by atoms with Crippen molar-refractivity contribution in [2.45, 2.75) is 0 Å². The Morgan fingerprint density at radius 1 is 0.357 bits per heavy atom. The molecular formula is C53H36N2O. The van der Waals surface area contributed by atoms with Crippen LogP contribution in [-0.2, 0) is 0 Å². The molecule has 0 unspecified atom stereocenters. The van der Waals surface area contributed by atoms with Crippen LogP contribution in [0.2, 0.25) is 0 Å². The first-order valence-corrected chi connectivity index (χ1v) is 19.1. The number of nitrogens with zero attached hydrogens (tertiary/aromatic N) is 2. The summed E-state index contributed by atoms with van der Waals surface area (Å²) in [5.41, 5.74) is 11.7. The average molecular weight is 717 g/mol. The Kier molecular flexibility index (Phi) is 7.39. The zero-order valence-electron chi connectivity index (χ0n) is 30.9. The van der Waals surface area contributed by atoms with Gasteiger partial charge in [0.25, 0.3) is 0 Å². The van der Waals surface area contributed by atoms with Crippen LogP contribution in [0.15, 0.2) is 200 Å². The molecule has 0 saturated heterocycles. The van der Waals surface area contributed by atoms with Crippen LogP contribution >= 0.6 is 0 Å². The zero-order chi connectivity index (χ0) is 37.2. The highest BCUT2D eigenvalue weighted by Gasteiger charge is 2.19. The van der Waals surface area contributed by atoms with Gasteiger partial charge in [0, 0.05) is 27.4 Å². The van der Waals surface area contributed by atoms with Crippen LogP contribution in [0.5, 0.6) is 5.75 Å². The molecule has 0 saturated carbocycles. The van der Waals surface area contributed by atoms with Crippen LogP contribution in [0.1, 0.15) is 0 Å². The van der Waals surface area contributed by atoms with E-state index >= 15 is 0 Å². The van der Waals surface area contributed by atoms with E-state index in [1.54, 1.807) is 7.11 Å². The standard InChI is InChI=1S/C53H36N2O/c1-56-43-26-24-42(25-27-43)54-49-28-22-37(31-41(49)34-53(54)48-32-39-15-6-7-17-44(39)46-19-9-10-20-47(46)48)38-23-29-50-40(30-38)33-52(36-13-3-2-4-14-36)55(50)51-21-11-16-35-12-5-8-18-45(35)51/h2-34H,1H3. The van der Waals surface area contributed by atoms with Gasteiger partial charge >= 0.3 is 0 Å². The molecule has 2 aromatic heterocycles. The summed E-state index contributed by atoms with van der Waals surface area (Å²) in [4.78, 5) is 0. The van der Waals surface area contributed by atoms with Gasteiger partial charge in [-0.05, 0) is 116 Å². The molecule has 11 aromatic rings. The highest BCUT2D eigenvalue weighted by molar-refractivity contribution is 6.14.